The summed E-state index contributed by atoms with van der Waals surface area (Å²) in [7, 11) is 0. The fraction of sp³-hybridized carbons (Fsp3) is 1.00. The zero-order valence-electron chi connectivity index (χ0n) is 16.5. The SMILES string of the molecule is CCCN(I)CCCCC(C)C[C@@H](C)CC1CCC(C(C)C)C1. The molecular formula is C21H42IN. The molecule has 1 nitrogen and oxygen atoms in total. The summed E-state index contributed by atoms with van der Waals surface area (Å²) in [6.07, 6.45) is 12.9. The maximum Gasteiger partial charge on any atom is 0.0201 e. The Balaban J connectivity index is 2.08. The fourth-order valence-electron chi connectivity index (χ4n) is 4.53. The summed E-state index contributed by atoms with van der Waals surface area (Å²) in [5.41, 5.74) is 0. The molecule has 0 heterocycles. The number of rotatable bonds is 12. The van der Waals surface area contributed by atoms with Gasteiger partial charge in [-0.25, -0.2) is 3.11 Å². The second-order valence-electron chi connectivity index (χ2n) is 8.77. The van der Waals surface area contributed by atoms with E-state index in [1.807, 2.05) is 0 Å². The molecule has 3 unspecified atom stereocenters. The van der Waals surface area contributed by atoms with Crippen molar-refractivity contribution in [3.05, 3.63) is 0 Å². The Morgan fingerprint density at radius 2 is 1.74 bits per heavy atom. The maximum atomic E-state index is 2.51. The lowest BCUT2D eigenvalue weighted by Gasteiger charge is -2.21. The van der Waals surface area contributed by atoms with Crippen molar-refractivity contribution in [1.29, 1.82) is 0 Å². The number of hydrogen-bond acceptors (Lipinski definition) is 1. The van der Waals surface area contributed by atoms with Gasteiger partial charge in [0.25, 0.3) is 0 Å². The van der Waals surface area contributed by atoms with Gasteiger partial charge in [-0.05, 0) is 68.1 Å². The molecule has 0 spiro atoms. The van der Waals surface area contributed by atoms with Crippen LogP contribution in [0.5, 0.6) is 0 Å². The standard InChI is InChI=1S/C21H42IN/c1-6-12-23(22)13-8-7-9-18(4)14-19(5)15-20-10-11-21(16-20)17(2)3/h17-21H,6-16H2,1-5H3/t18?,19-,20?,21?/m1/s1. The Bertz CT molecular complexity index is 292. The number of hydrogen-bond donors (Lipinski definition) is 0. The predicted octanol–water partition coefficient (Wildman–Crippen LogP) is 7.34. The highest BCUT2D eigenvalue weighted by atomic mass is 127. The first-order valence-corrected chi connectivity index (χ1v) is 11.3. The number of unbranched alkanes of at least 4 members (excludes halogenated alkanes) is 1. The van der Waals surface area contributed by atoms with Crippen molar-refractivity contribution in [3.8, 4) is 0 Å². The minimum atomic E-state index is 0.902. The summed E-state index contributed by atoms with van der Waals surface area (Å²) in [6.45, 7) is 14.6. The summed E-state index contributed by atoms with van der Waals surface area (Å²) in [6, 6.07) is 0. The first-order chi connectivity index (χ1) is 10.9. The van der Waals surface area contributed by atoms with Gasteiger partial charge in [-0.2, -0.15) is 0 Å². The molecule has 1 aliphatic rings. The Labute approximate surface area is 160 Å². The van der Waals surface area contributed by atoms with Crippen molar-refractivity contribution >= 4 is 22.9 Å². The normalized spacial score (nSPS) is 24.5. The number of halogens is 1. The van der Waals surface area contributed by atoms with Gasteiger partial charge in [0, 0.05) is 36.0 Å². The van der Waals surface area contributed by atoms with Crippen LogP contribution in [0.2, 0.25) is 0 Å². The average molecular weight is 435 g/mol. The molecule has 1 rings (SSSR count). The van der Waals surface area contributed by atoms with E-state index in [1.165, 1.54) is 70.9 Å². The van der Waals surface area contributed by atoms with Crippen LogP contribution in [0.4, 0.5) is 0 Å². The molecule has 0 radical (unpaired) electrons. The van der Waals surface area contributed by atoms with E-state index in [0.717, 1.165) is 29.6 Å². The largest absolute Gasteiger partial charge is 0.248 e. The molecule has 0 aromatic heterocycles. The van der Waals surface area contributed by atoms with E-state index in [-0.39, 0.29) is 0 Å². The van der Waals surface area contributed by atoms with Gasteiger partial charge in [-0.15, -0.1) is 0 Å². The third-order valence-electron chi connectivity index (χ3n) is 5.88. The highest BCUT2D eigenvalue weighted by molar-refractivity contribution is 14.1. The fourth-order valence-corrected chi connectivity index (χ4v) is 5.36. The summed E-state index contributed by atoms with van der Waals surface area (Å²) in [5.74, 6) is 4.80. The minimum absolute atomic E-state index is 0.902. The van der Waals surface area contributed by atoms with Gasteiger partial charge in [0.1, 0.15) is 0 Å². The predicted molar refractivity (Wildman–Crippen MR) is 113 cm³/mol. The van der Waals surface area contributed by atoms with Crippen LogP contribution in [0.1, 0.15) is 92.4 Å². The molecule has 1 aliphatic carbocycles. The lowest BCUT2D eigenvalue weighted by molar-refractivity contribution is 0.305. The molecule has 0 N–H and O–H groups in total. The summed E-state index contributed by atoms with van der Waals surface area (Å²) >= 11 is 2.49. The van der Waals surface area contributed by atoms with E-state index in [9.17, 15) is 0 Å². The Kier molecular flexibility index (Phi) is 11.4. The summed E-state index contributed by atoms with van der Waals surface area (Å²) < 4.78 is 2.45. The van der Waals surface area contributed by atoms with Crippen molar-refractivity contribution in [2.75, 3.05) is 13.1 Å². The van der Waals surface area contributed by atoms with Crippen LogP contribution in [0.3, 0.4) is 0 Å². The van der Waals surface area contributed by atoms with Crippen LogP contribution in [-0.4, -0.2) is 16.2 Å². The maximum absolute atomic E-state index is 2.51. The van der Waals surface area contributed by atoms with Crippen LogP contribution < -0.4 is 0 Å². The molecule has 0 bridgehead atoms. The zero-order chi connectivity index (χ0) is 17.2. The summed E-state index contributed by atoms with van der Waals surface area (Å²) in [4.78, 5) is 0. The Morgan fingerprint density at radius 3 is 2.35 bits per heavy atom. The first kappa shape index (κ1) is 21.7. The molecule has 1 fully saturated rings. The van der Waals surface area contributed by atoms with Gasteiger partial charge >= 0.3 is 0 Å². The molecule has 0 saturated heterocycles. The lowest BCUT2D eigenvalue weighted by atomic mass is 9.85. The number of nitrogens with zero attached hydrogens (tertiary/aromatic N) is 1. The van der Waals surface area contributed by atoms with Crippen molar-refractivity contribution in [1.82, 2.24) is 3.11 Å². The van der Waals surface area contributed by atoms with E-state index in [4.69, 9.17) is 0 Å². The lowest BCUT2D eigenvalue weighted by Crippen LogP contribution is -2.14. The van der Waals surface area contributed by atoms with Crippen LogP contribution >= 0.6 is 22.9 Å². The zero-order valence-corrected chi connectivity index (χ0v) is 18.6. The quantitative estimate of drug-likeness (QED) is 0.176. The second-order valence-corrected chi connectivity index (χ2v) is 10.1. The van der Waals surface area contributed by atoms with Crippen LogP contribution in [0.15, 0.2) is 0 Å². The first-order valence-electron chi connectivity index (χ1n) is 10.3. The smallest absolute Gasteiger partial charge is 0.0201 e. The van der Waals surface area contributed by atoms with E-state index in [2.05, 4.69) is 60.6 Å². The van der Waals surface area contributed by atoms with E-state index in [1.54, 1.807) is 0 Å². The van der Waals surface area contributed by atoms with Gasteiger partial charge in [-0.3, -0.25) is 0 Å². The van der Waals surface area contributed by atoms with Gasteiger partial charge in [0.05, 0.1) is 0 Å². The molecule has 4 atom stereocenters. The average Bonchev–Trinajstić information content (AvgIpc) is 2.92. The molecule has 0 aliphatic heterocycles. The monoisotopic (exact) mass is 435 g/mol. The van der Waals surface area contributed by atoms with Crippen molar-refractivity contribution < 1.29 is 0 Å². The van der Waals surface area contributed by atoms with E-state index < -0.39 is 0 Å². The highest BCUT2D eigenvalue weighted by Crippen LogP contribution is 2.39. The molecule has 0 amide bonds. The Hall–Kier alpha value is 0.690. The van der Waals surface area contributed by atoms with Gasteiger partial charge in [0.15, 0.2) is 0 Å². The Morgan fingerprint density at radius 1 is 1.00 bits per heavy atom. The molecule has 0 aromatic carbocycles. The van der Waals surface area contributed by atoms with Gasteiger partial charge < -0.3 is 0 Å². The third kappa shape index (κ3) is 9.67. The van der Waals surface area contributed by atoms with Crippen molar-refractivity contribution in [2.45, 2.75) is 92.4 Å². The molecule has 138 valence electrons. The topological polar surface area (TPSA) is 3.24 Å². The van der Waals surface area contributed by atoms with Crippen molar-refractivity contribution in [3.63, 3.8) is 0 Å². The second kappa shape index (κ2) is 12.1. The minimum Gasteiger partial charge on any atom is -0.248 e. The van der Waals surface area contributed by atoms with Crippen LogP contribution in [0, 0.1) is 29.6 Å². The van der Waals surface area contributed by atoms with E-state index >= 15 is 0 Å². The molecule has 0 aromatic rings. The third-order valence-corrected chi connectivity index (χ3v) is 6.84. The van der Waals surface area contributed by atoms with Crippen LogP contribution in [-0.2, 0) is 0 Å². The van der Waals surface area contributed by atoms with Crippen LogP contribution in [0.25, 0.3) is 0 Å². The van der Waals surface area contributed by atoms with Gasteiger partial charge in [-0.1, -0.05) is 53.9 Å². The van der Waals surface area contributed by atoms with E-state index in [0.29, 0.717) is 0 Å². The highest BCUT2D eigenvalue weighted by Gasteiger charge is 2.27. The van der Waals surface area contributed by atoms with Gasteiger partial charge in [0.2, 0.25) is 0 Å². The van der Waals surface area contributed by atoms with Crippen molar-refractivity contribution in [2.24, 2.45) is 29.6 Å². The summed E-state index contributed by atoms with van der Waals surface area (Å²) in [5, 5.41) is 0. The molecule has 2 heteroatoms. The molecule has 1 saturated carbocycles. The molecular weight excluding hydrogens is 393 g/mol. The molecule has 23 heavy (non-hydrogen) atoms.